The van der Waals surface area contributed by atoms with Crippen LogP contribution in [0, 0.1) is 5.92 Å². The van der Waals surface area contributed by atoms with E-state index in [1.165, 1.54) is 0 Å². The molecule has 2 N–H and O–H groups in total. The van der Waals surface area contributed by atoms with E-state index < -0.39 is 5.60 Å². The van der Waals surface area contributed by atoms with Crippen molar-refractivity contribution in [3.05, 3.63) is 23.9 Å². The summed E-state index contributed by atoms with van der Waals surface area (Å²) in [4.78, 5) is 18.0. The number of carbonyl (C=O) groups is 1. The number of hydrogen-bond acceptors (Lipinski definition) is 4. The molecule has 1 aliphatic heterocycles. The second kappa shape index (κ2) is 7.19. The maximum atomic E-state index is 12.9. The van der Waals surface area contributed by atoms with Gasteiger partial charge in [0.1, 0.15) is 17.2 Å². The van der Waals surface area contributed by atoms with E-state index in [2.05, 4.69) is 4.98 Å². The van der Waals surface area contributed by atoms with E-state index in [4.69, 9.17) is 9.47 Å². The van der Waals surface area contributed by atoms with Crippen molar-refractivity contribution in [2.24, 2.45) is 5.92 Å². The first-order valence-corrected chi connectivity index (χ1v) is 9.07. The van der Waals surface area contributed by atoms with Crippen molar-refractivity contribution in [3.8, 4) is 11.5 Å². The van der Waals surface area contributed by atoms with E-state index in [9.17, 15) is 9.90 Å². The van der Waals surface area contributed by atoms with Gasteiger partial charge < -0.3 is 24.5 Å². The van der Waals surface area contributed by atoms with E-state index in [1.54, 1.807) is 14.2 Å². The van der Waals surface area contributed by atoms with Gasteiger partial charge in [-0.1, -0.05) is 0 Å². The van der Waals surface area contributed by atoms with E-state index in [-0.39, 0.29) is 5.91 Å². The number of nitrogens with one attached hydrogen (secondary N) is 1. The van der Waals surface area contributed by atoms with Gasteiger partial charge in [-0.25, -0.2) is 0 Å². The van der Waals surface area contributed by atoms with E-state index in [1.807, 2.05) is 36.9 Å². The van der Waals surface area contributed by atoms with Crippen LogP contribution in [0.5, 0.6) is 11.5 Å². The van der Waals surface area contributed by atoms with Crippen LogP contribution in [-0.4, -0.2) is 53.8 Å². The number of aromatic amines is 1. The SMILES string of the molecule is COc1ccc(OC)c2[nH]c(C(=O)N3CCC(CC(C)(C)O)CC3)cc12. The fourth-order valence-corrected chi connectivity index (χ4v) is 3.85. The number of fused-ring (bicyclic) bond motifs is 1. The van der Waals surface area contributed by atoms with Gasteiger partial charge in [-0.3, -0.25) is 4.79 Å². The Kier molecular flexibility index (Phi) is 5.14. The Morgan fingerprint density at radius 1 is 1.23 bits per heavy atom. The Morgan fingerprint density at radius 2 is 1.85 bits per heavy atom. The minimum absolute atomic E-state index is 0.00739. The van der Waals surface area contributed by atoms with Gasteiger partial charge in [0, 0.05) is 18.5 Å². The summed E-state index contributed by atoms with van der Waals surface area (Å²) in [6.07, 6.45) is 2.61. The van der Waals surface area contributed by atoms with Gasteiger partial charge in [0.25, 0.3) is 5.91 Å². The van der Waals surface area contributed by atoms with Gasteiger partial charge in [0.2, 0.25) is 0 Å². The lowest BCUT2D eigenvalue weighted by atomic mass is 9.86. The van der Waals surface area contributed by atoms with Gasteiger partial charge in [-0.2, -0.15) is 0 Å². The van der Waals surface area contributed by atoms with Crippen LogP contribution in [0.2, 0.25) is 0 Å². The molecule has 6 heteroatoms. The summed E-state index contributed by atoms with van der Waals surface area (Å²) in [7, 11) is 3.22. The summed E-state index contributed by atoms with van der Waals surface area (Å²) in [5, 5.41) is 10.8. The predicted molar refractivity (Wildman–Crippen MR) is 101 cm³/mol. The molecule has 1 aliphatic rings. The van der Waals surface area contributed by atoms with Crippen molar-refractivity contribution >= 4 is 16.8 Å². The van der Waals surface area contributed by atoms with Crippen molar-refractivity contribution in [2.75, 3.05) is 27.3 Å². The Labute approximate surface area is 154 Å². The number of aromatic nitrogens is 1. The average Bonchev–Trinajstić information content (AvgIpc) is 3.05. The number of H-pyrrole nitrogens is 1. The molecule has 0 bridgehead atoms. The van der Waals surface area contributed by atoms with Crippen LogP contribution >= 0.6 is 0 Å². The monoisotopic (exact) mass is 360 g/mol. The van der Waals surface area contributed by atoms with Crippen molar-refractivity contribution < 1.29 is 19.4 Å². The number of rotatable bonds is 5. The number of aliphatic hydroxyl groups is 1. The molecule has 0 unspecified atom stereocenters. The lowest BCUT2D eigenvalue weighted by molar-refractivity contribution is 0.0357. The molecule has 2 heterocycles. The number of ether oxygens (including phenoxy) is 2. The molecule has 0 atom stereocenters. The summed E-state index contributed by atoms with van der Waals surface area (Å²) < 4.78 is 10.8. The van der Waals surface area contributed by atoms with Gasteiger partial charge in [-0.05, 0) is 57.2 Å². The topological polar surface area (TPSA) is 74.8 Å². The third-order valence-electron chi connectivity index (χ3n) is 5.08. The Balaban J connectivity index is 1.77. The zero-order valence-corrected chi connectivity index (χ0v) is 16.0. The predicted octanol–water partition coefficient (Wildman–Crippen LogP) is 3.20. The highest BCUT2D eigenvalue weighted by Crippen LogP contribution is 2.34. The number of piperidine rings is 1. The number of amides is 1. The first-order chi connectivity index (χ1) is 12.3. The summed E-state index contributed by atoms with van der Waals surface area (Å²) in [6.45, 7) is 5.11. The largest absolute Gasteiger partial charge is 0.496 e. The molecule has 142 valence electrons. The molecule has 1 amide bonds. The van der Waals surface area contributed by atoms with E-state index in [0.29, 0.717) is 36.2 Å². The molecule has 1 fully saturated rings. The van der Waals surface area contributed by atoms with Crippen LogP contribution in [0.4, 0.5) is 0 Å². The molecule has 0 saturated carbocycles. The van der Waals surface area contributed by atoms with Crippen LogP contribution < -0.4 is 9.47 Å². The second-order valence-corrected chi connectivity index (χ2v) is 7.69. The first-order valence-electron chi connectivity index (χ1n) is 9.07. The average molecular weight is 360 g/mol. The van der Waals surface area contributed by atoms with Crippen molar-refractivity contribution in [3.63, 3.8) is 0 Å². The normalized spacial score (nSPS) is 16.1. The fourth-order valence-electron chi connectivity index (χ4n) is 3.85. The molecule has 1 aromatic carbocycles. The summed E-state index contributed by atoms with van der Waals surface area (Å²) >= 11 is 0. The molecule has 0 spiro atoms. The minimum atomic E-state index is -0.652. The second-order valence-electron chi connectivity index (χ2n) is 7.69. The van der Waals surface area contributed by atoms with Crippen molar-refractivity contribution in [1.29, 1.82) is 0 Å². The quantitative estimate of drug-likeness (QED) is 0.859. The molecule has 26 heavy (non-hydrogen) atoms. The zero-order chi connectivity index (χ0) is 18.9. The Morgan fingerprint density at radius 3 is 2.42 bits per heavy atom. The Bertz CT molecular complexity index is 742. The van der Waals surface area contributed by atoms with E-state index in [0.717, 1.165) is 30.2 Å². The fraction of sp³-hybridized carbons (Fsp3) is 0.550. The lowest BCUT2D eigenvalue weighted by Crippen LogP contribution is -2.40. The van der Waals surface area contributed by atoms with Gasteiger partial charge >= 0.3 is 0 Å². The van der Waals surface area contributed by atoms with Gasteiger partial charge in [0.05, 0.1) is 25.3 Å². The molecular weight excluding hydrogens is 332 g/mol. The maximum absolute atomic E-state index is 12.9. The molecular formula is C20H28N2O4. The molecule has 2 aromatic rings. The number of carbonyl (C=O) groups excluding carboxylic acids is 1. The van der Waals surface area contributed by atoms with Crippen molar-refractivity contribution in [1.82, 2.24) is 9.88 Å². The number of methoxy groups -OCH3 is 2. The summed E-state index contributed by atoms with van der Waals surface area (Å²) in [6, 6.07) is 5.50. The third-order valence-corrected chi connectivity index (χ3v) is 5.08. The molecule has 1 saturated heterocycles. The smallest absolute Gasteiger partial charge is 0.270 e. The molecule has 0 aliphatic carbocycles. The maximum Gasteiger partial charge on any atom is 0.270 e. The molecule has 3 rings (SSSR count). The highest BCUT2D eigenvalue weighted by molar-refractivity contribution is 6.01. The summed E-state index contributed by atoms with van der Waals surface area (Å²) in [5.41, 5.74) is 0.664. The molecule has 1 aromatic heterocycles. The van der Waals surface area contributed by atoms with Crippen LogP contribution in [0.25, 0.3) is 10.9 Å². The van der Waals surface area contributed by atoms with Crippen LogP contribution in [0.3, 0.4) is 0 Å². The molecule has 6 nitrogen and oxygen atoms in total. The highest BCUT2D eigenvalue weighted by Gasteiger charge is 2.28. The number of hydrogen-bond donors (Lipinski definition) is 2. The number of nitrogens with zero attached hydrogens (tertiary/aromatic N) is 1. The number of benzene rings is 1. The van der Waals surface area contributed by atoms with Gasteiger partial charge in [0.15, 0.2) is 0 Å². The lowest BCUT2D eigenvalue weighted by Gasteiger charge is -2.34. The zero-order valence-electron chi connectivity index (χ0n) is 16.0. The summed E-state index contributed by atoms with van der Waals surface area (Å²) in [5.74, 6) is 1.85. The highest BCUT2D eigenvalue weighted by atomic mass is 16.5. The first kappa shape index (κ1) is 18.6. The van der Waals surface area contributed by atoms with Gasteiger partial charge in [-0.15, -0.1) is 0 Å². The third kappa shape index (κ3) is 3.80. The Hall–Kier alpha value is -2.21. The van der Waals surface area contributed by atoms with Crippen LogP contribution in [-0.2, 0) is 0 Å². The van der Waals surface area contributed by atoms with Crippen LogP contribution in [0.1, 0.15) is 43.6 Å². The standard InChI is InChI=1S/C20H28N2O4/c1-20(2,24)12-13-7-9-22(10-8-13)19(23)15-11-14-16(25-3)5-6-17(26-4)18(14)21-15/h5-6,11,13,21,24H,7-10,12H2,1-4H3. The minimum Gasteiger partial charge on any atom is -0.496 e. The van der Waals surface area contributed by atoms with E-state index >= 15 is 0 Å². The molecule has 0 radical (unpaired) electrons. The number of likely N-dealkylation sites (tertiary alicyclic amines) is 1. The van der Waals surface area contributed by atoms with Crippen molar-refractivity contribution in [2.45, 2.75) is 38.7 Å². The van der Waals surface area contributed by atoms with Crippen LogP contribution in [0.15, 0.2) is 18.2 Å².